The topological polar surface area (TPSA) is 46.3 Å². The molecule has 5 heteroatoms. The summed E-state index contributed by atoms with van der Waals surface area (Å²) < 4.78 is 1.08. The van der Waals surface area contributed by atoms with E-state index < -0.39 is 0 Å². The molecule has 0 saturated carbocycles. The minimum absolute atomic E-state index is 0.0178. The van der Waals surface area contributed by atoms with Gasteiger partial charge in [0.05, 0.1) is 9.83 Å². The lowest BCUT2D eigenvalue weighted by Crippen LogP contribution is -2.41. The lowest BCUT2D eigenvalue weighted by molar-refractivity contribution is -0.131. The number of hydrogen-bond acceptors (Lipinski definition) is 3. The average Bonchev–Trinajstić information content (AvgIpc) is 2.63. The minimum Gasteiger partial charge on any atom is -0.340 e. The average molecular weight is 305 g/mol. The van der Waals surface area contributed by atoms with Crippen LogP contribution in [0.5, 0.6) is 0 Å². The van der Waals surface area contributed by atoms with Crippen molar-refractivity contribution in [1.82, 2.24) is 4.90 Å². The number of carbonyl (C=O) groups excluding carboxylic acids is 1. The van der Waals surface area contributed by atoms with Crippen LogP contribution in [0.25, 0.3) is 0 Å². The smallest absolute Gasteiger partial charge is 0.239 e. The van der Waals surface area contributed by atoms with Crippen molar-refractivity contribution in [3.05, 3.63) is 20.8 Å². The third-order valence-electron chi connectivity index (χ3n) is 2.33. The first-order chi connectivity index (χ1) is 7.54. The first kappa shape index (κ1) is 13.7. The Labute approximate surface area is 109 Å². The van der Waals surface area contributed by atoms with E-state index in [1.54, 1.807) is 23.3 Å². The highest BCUT2D eigenvalue weighted by Crippen LogP contribution is 2.21. The number of likely N-dealkylation sites (N-methyl/N-ethyl adjacent to an activating group) is 1. The highest BCUT2D eigenvalue weighted by molar-refractivity contribution is 9.11. The molecule has 1 unspecified atom stereocenters. The predicted octanol–water partition coefficient (Wildman–Crippen LogP) is 2.60. The Bertz CT molecular complexity index is 354. The lowest BCUT2D eigenvalue weighted by atomic mass is 10.1. The summed E-state index contributed by atoms with van der Waals surface area (Å²) in [7, 11) is 1.80. The van der Waals surface area contributed by atoms with Crippen LogP contribution in [0.3, 0.4) is 0 Å². The van der Waals surface area contributed by atoms with Crippen LogP contribution >= 0.6 is 27.3 Å². The van der Waals surface area contributed by atoms with E-state index in [9.17, 15) is 4.79 Å². The fraction of sp³-hybridized carbons (Fsp3) is 0.545. The van der Waals surface area contributed by atoms with Crippen LogP contribution < -0.4 is 5.73 Å². The molecule has 0 bridgehead atoms. The summed E-state index contributed by atoms with van der Waals surface area (Å²) in [6.45, 7) is 2.65. The quantitative estimate of drug-likeness (QED) is 0.909. The van der Waals surface area contributed by atoms with Gasteiger partial charge in [0.15, 0.2) is 0 Å². The van der Waals surface area contributed by atoms with E-state index >= 15 is 0 Å². The van der Waals surface area contributed by atoms with Gasteiger partial charge in [-0.15, -0.1) is 11.3 Å². The molecule has 1 heterocycles. The first-order valence-electron chi connectivity index (χ1n) is 5.28. The Hall–Kier alpha value is -0.390. The van der Waals surface area contributed by atoms with Crippen molar-refractivity contribution in [3.63, 3.8) is 0 Å². The second kappa shape index (κ2) is 6.37. The van der Waals surface area contributed by atoms with Crippen LogP contribution in [-0.4, -0.2) is 23.9 Å². The Kier molecular flexibility index (Phi) is 5.44. The Balaban J connectivity index is 2.51. The maximum atomic E-state index is 11.8. The largest absolute Gasteiger partial charge is 0.340 e. The molecule has 2 N–H and O–H groups in total. The van der Waals surface area contributed by atoms with Crippen molar-refractivity contribution in [2.24, 2.45) is 5.73 Å². The van der Waals surface area contributed by atoms with Crippen molar-refractivity contribution in [2.45, 2.75) is 32.4 Å². The van der Waals surface area contributed by atoms with Gasteiger partial charge in [0.1, 0.15) is 0 Å². The minimum atomic E-state index is -0.364. The van der Waals surface area contributed by atoms with Crippen molar-refractivity contribution < 1.29 is 4.79 Å². The van der Waals surface area contributed by atoms with Gasteiger partial charge < -0.3 is 10.6 Å². The van der Waals surface area contributed by atoms with Gasteiger partial charge in [0.2, 0.25) is 5.91 Å². The van der Waals surface area contributed by atoms with Gasteiger partial charge in [-0.25, -0.2) is 0 Å². The molecular weight excluding hydrogens is 288 g/mol. The Morgan fingerprint density at radius 3 is 2.88 bits per heavy atom. The molecule has 0 aliphatic heterocycles. The van der Waals surface area contributed by atoms with Crippen molar-refractivity contribution >= 4 is 33.2 Å². The van der Waals surface area contributed by atoms with E-state index in [0.29, 0.717) is 6.54 Å². The van der Waals surface area contributed by atoms with Gasteiger partial charge in [0.25, 0.3) is 0 Å². The third-order valence-corrected chi connectivity index (χ3v) is 3.89. The normalized spacial score (nSPS) is 12.5. The molecule has 1 rings (SSSR count). The SMILES string of the molecule is CCCC(N)C(=O)N(C)Cc1csc(Br)c1. The molecule has 3 nitrogen and oxygen atoms in total. The number of carbonyl (C=O) groups is 1. The molecule has 90 valence electrons. The van der Waals surface area contributed by atoms with Gasteiger partial charge in [-0.05, 0) is 39.4 Å². The molecule has 0 aromatic carbocycles. The molecule has 0 aliphatic rings. The summed E-state index contributed by atoms with van der Waals surface area (Å²) in [6, 6.07) is 1.66. The molecule has 1 aromatic heterocycles. The van der Waals surface area contributed by atoms with Crippen LogP contribution in [0.4, 0.5) is 0 Å². The van der Waals surface area contributed by atoms with Crippen molar-refractivity contribution in [3.8, 4) is 0 Å². The van der Waals surface area contributed by atoms with E-state index in [2.05, 4.69) is 15.9 Å². The molecule has 0 radical (unpaired) electrons. The van der Waals surface area contributed by atoms with Gasteiger partial charge in [-0.3, -0.25) is 4.79 Å². The molecule has 16 heavy (non-hydrogen) atoms. The molecule has 0 aliphatic carbocycles. The van der Waals surface area contributed by atoms with Crippen molar-refractivity contribution in [1.29, 1.82) is 0 Å². The highest BCUT2D eigenvalue weighted by atomic mass is 79.9. The van der Waals surface area contributed by atoms with Crippen LogP contribution in [0.1, 0.15) is 25.3 Å². The van der Waals surface area contributed by atoms with E-state index in [4.69, 9.17) is 5.73 Å². The third kappa shape index (κ3) is 3.88. The second-order valence-electron chi connectivity index (χ2n) is 3.85. The molecule has 1 amide bonds. The fourth-order valence-corrected chi connectivity index (χ4v) is 2.70. The number of thiophene rings is 1. The zero-order valence-corrected chi connectivity index (χ0v) is 12.0. The second-order valence-corrected chi connectivity index (χ2v) is 6.14. The van der Waals surface area contributed by atoms with Gasteiger partial charge >= 0.3 is 0 Å². The predicted molar refractivity (Wildman–Crippen MR) is 71.4 cm³/mol. The lowest BCUT2D eigenvalue weighted by Gasteiger charge is -2.20. The number of nitrogens with zero attached hydrogens (tertiary/aromatic N) is 1. The van der Waals surface area contributed by atoms with E-state index in [0.717, 1.165) is 22.2 Å². The summed E-state index contributed by atoms with van der Waals surface area (Å²) in [4.78, 5) is 13.5. The first-order valence-corrected chi connectivity index (χ1v) is 6.95. The zero-order valence-electron chi connectivity index (χ0n) is 9.57. The zero-order chi connectivity index (χ0) is 12.1. The number of hydrogen-bond donors (Lipinski definition) is 1. The van der Waals surface area contributed by atoms with Gasteiger partial charge in [-0.1, -0.05) is 13.3 Å². The van der Waals surface area contributed by atoms with Crippen LogP contribution in [-0.2, 0) is 11.3 Å². The summed E-state index contributed by atoms with van der Waals surface area (Å²) in [6.07, 6.45) is 1.68. The van der Waals surface area contributed by atoms with E-state index in [1.807, 2.05) is 18.4 Å². The number of halogens is 1. The molecule has 0 spiro atoms. The molecular formula is C11H17BrN2OS. The van der Waals surface area contributed by atoms with Gasteiger partial charge in [0, 0.05) is 13.6 Å². The molecule has 0 fully saturated rings. The van der Waals surface area contributed by atoms with Crippen LogP contribution in [0.2, 0.25) is 0 Å². The summed E-state index contributed by atoms with van der Waals surface area (Å²) in [5, 5.41) is 2.04. The van der Waals surface area contributed by atoms with Crippen molar-refractivity contribution in [2.75, 3.05) is 7.05 Å². The molecule has 0 saturated heterocycles. The summed E-state index contributed by atoms with van der Waals surface area (Å²) >= 11 is 5.03. The maximum absolute atomic E-state index is 11.8. The van der Waals surface area contributed by atoms with E-state index in [1.165, 1.54) is 0 Å². The standard InChI is InChI=1S/C11H17BrN2OS/c1-3-4-9(13)11(15)14(2)6-8-5-10(12)16-7-8/h5,7,9H,3-4,6,13H2,1-2H3. The van der Waals surface area contributed by atoms with E-state index in [-0.39, 0.29) is 11.9 Å². The van der Waals surface area contributed by atoms with Crippen LogP contribution in [0.15, 0.2) is 15.2 Å². The highest BCUT2D eigenvalue weighted by Gasteiger charge is 2.17. The van der Waals surface area contributed by atoms with Gasteiger partial charge in [-0.2, -0.15) is 0 Å². The fourth-order valence-electron chi connectivity index (χ4n) is 1.50. The number of amides is 1. The number of nitrogens with two attached hydrogens (primary N) is 1. The monoisotopic (exact) mass is 304 g/mol. The summed E-state index contributed by atoms with van der Waals surface area (Å²) in [5.74, 6) is 0.0178. The van der Waals surface area contributed by atoms with Crippen LogP contribution in [0, 0.1) is 0 Å². The Morgan fingerprint density at radius 2 is 2.38 bits per heavy atom. The molecule has 1 atom stereocenters. The maximum Gasteiger partial charge on any atom is 0.239 e. The molecule has 1 aromatic rings. The summed E-state index contributed by atoms with van der Waals surface area (Å²) in [5.41, 5.74) is 6.93. The number of rotatable bonds is 5. The Morgan fingerprint density at radius 1 is 1.69 bits per heavy atom.